The highest BCUT2D eigenvalue weighted by Crippen LogP contribution is 1.93. The van der Waals surface area contributed by atoms with Gasteiger partial charge in [-0.05, 0) is 13.3 Å². The van der Waals surface area contributed by atoms with Crippen LogP contribution in [0.4, 0.5) is 0 Å². The van der Waals surface area contributed by atoms with Gasteiger partial charge in [-0.1, -0.05) is 0 Å². The van der Waals surface area contributed by atoms with Gasteiger partial charge in [-0.3, -0.25) is 4.79 Å². The Hall–Kier alpha value is -0.610. The lowest BCUT2D eigenvalue weighted by Crippen LogP contribution is -2.12. The van der Waals surface area contributed by atoms with Crippen molar-refractivity contribution in [2.75, 3.05) is 13.2 Å². The smallest absolute Gasteiger partial charge is 0.220 e. The first-order valence-corrected chi connectivity index (χ1v) is 3.18. The second-order valence-electron chi connectivity index (χ2n) is 1.77. The van der Waals surface area contributed by atoms with Crippen molar-refractivity contribution >= 4 is 5.91 Å². The molecule has 1 aliphatic heterocycles. The molecule has 0 radical (unpaired) electrons. The third-order valence-corrected chi connectivity index (χ3v) is 0.903. The summed E-state index contributed by atoms with van der Waals surface area (Å²) in [7, 11) is 0. The lowest BCUT2D eigenvalue weighted by Gasteiger charge is -1.80. The molecule has 0 aromatic carbocycles. The van der Waals surface area contributed by atoms with Crippen LogP contribution in [0.5, 0.6) is 0 Å². The zero-order valence-electron chi connectivity index (χ0n) is 6.39. The molecule has 1 saturated heterocycles. The van der Waals surface area contributed by atoms with E-state index in [2.05, 4.69) is 5.32 Å². The van der Waals surface area contributed by atoms with E-state index in [4.69, 9.17) is 5.11 Å². The van der Waals surface area contributed by atoms with Gasteiger partial charge in [0.25, 0.3) is 0 Å². The molecule has 0 aliphatic carbocycles. The number of carbonyl (C=O) groups excluding carboxylic acids is 1. The molecular weight excluding hydrogens is 132 g/mol. The molecule has 1 fully saturated rings. The van der Waals surface area contributed by atoms with Crippen LogP contribution in [0.25, 0.3) is 0 Å². The summed E-state index contributed by atoms with van der Waals surface area (Å²) in [6.07, 6.45) is 1.76. The van der Waals surface area contributed by atoms with Crippen molar-refractivity contribution in [2.24, 2.45) is 0 Å². The van der Waals surface area contributed by atoms with Gasteiger partial charge in [0.2, 0.25) is 5.91 Å². The maximum Gasteiger partial charge on any atom is 0.220 e. The Balaban J connectivity index is 0. The topological polar surface area (TPSA) is 84.3 Å². The van der Waals surface area contributed by atoms with Gasteiger partial charge < -0.3 is 16.6 Å². The van der Waals surface area contributed by atoms with Crippen molar-refractivity contribution in [3.63, 3.8) is 0 Å². The molecule has 0 spiro atoms. The number of amides is 1. The van der Waals surface area contributed by atoms with Crippen LogP contribution in [-0.2, 0) is 4.79 Å². The molecule has 0 unspecified atom stereocenters. The van der Waals surface area contributed by atoms with Gasteiger partial charge in [-0.15, -0.1) is 0 Å². The third-order valence-electron chi connectivity index (χ3n) is 0.903. The summed E-state index contributed by atoms with van der Waals surface area (Å²) in [6, 6.07) is 0. The molecule has 0 aromatic heterocycles. The van der Waals surface area contributed by atoms with Crippen LogP contribution < -0.4 is 11.5 Å². The van der Waals surface area contributed by atoms with Crippen molar-refractivity contribution in [3.8, 4) is 0 Å². The summed E-state index contributed by atoms with van der Waals surface area (Å²) in [5.74, 6) is 0.204. The van der Waals surface area contributed by atoms with E-state index in [1.54, 1.807) is 6.92 Å². The van der Waals surface area contributed by atoms with Gasteiger partial charge in [-0.2, -0.15) is 0 Å². The molecule has 0 bridgehead atoms. The highest BCUT2D eigenvalue weighted by Gasteiger charge is 2.05. The number of aliphatic hydroxyl groups excluding tert-OH is 1. The Bertz CT molecular complexity index is 77.8. The predicted octanol–water partition coefficient (Wildman–Crippen LogP) is 0.0570. The minimum absolute atomic E-state index is 0. The predicted molar refractivity (Wildman–Crippen MR) is 40.0 cm³/mol. The lowest BCUT2D eigenvalue weighted by molar-refractivity contribution is -0.119. The van der Waals surface area contributed by atoms with Gasteiger partial charge in [0.1, 0.15) is 0 Å². The average Bonchev–Trinajstić information content (AvgIpc) is 2.20. The summed E-state index contributed by atoms with van der Waals surface area (Å²) in [5.41, 5.74) is 0. The van der Waals surface area contributed by atoms with Gasteiger partial charge in [-0.25, -0.2) is 0 Å². The van der Waals surface area contributed by atoms with Gasteiger partial charge in [0.15, 0.2) is 0 Å². The fourth-order valence-corrected chi connectivity index (χ4v) is 0.565. The zero-order valence-corrected chi connectivity index (χ0v) is 6.39. The Morgan fingerprint density at radius 1 is 1.70 bits per heavy atom. The number of carbonyl (C=O) groups is 1. The number of nitrogens with one attached hydrogen (secondary N) is 1. The van der Waals surface area contributed by atoms with Crippen LogP contribution in [0.15, 0.2) is 0 Å². The Morgan fingerprint density at radius 3 is 2.30 bits per heavy atom. The van der Waals surface area contributed by atoms with Crippen molar-refractivity contribution < 1.29 is 9.90 Å². The number of hydrogen-bond acceptors (Lipinski definition) is 3. The second-order valence-corrected chi connectivity index (χ2v) is 1.77. The molecule has 4 heteroatoms. The molecule has 1 rings (SSSR count). The van der Waals surface area contributed by atoms with E-state index < -0.39 is 0 Å². The van der Waals surface area contributed by atoms with Crippen LogP contribution in [0.2, 0.25) is 0 Å². The molecule has 1 heterocycles. The standard InChI is InChI=1S/C4H7NO.C2H6O.H3N/c6-4-2-1-3-5-4;1-2-3;/h1-3H2,(H,5,6);3H,2H2,1H3;1H3. The van der Waals surface area contributed by atoms with Crippen molar-refractivity contribution in [1.29, 1.82) is 0 Å². The minimum Gasteiger partial charge on any atom is -0.397 e. The molecular formula is C6H16N2O2. The van der Waals surface area contributed by atoms with Crippen LogP contribution in [0, 0.1) is 0 Å². The monoisotopic (exact) mass is 148 g/mol. The number of hydrogen-bond donors (Lipinski definition) is 3. The Labute approximate surface area is 61.2 Å². The fourth-order valence-electron chi connectivity index (χ4n) is 0.565. The van der Waals surface area contributed by atoms with Crippen LogP contribution in [-0.4, -0.2) is 24.2 Å². The van der Waals surface area contributed by atoms with Crippen molar-refractivity contribution in [1.82, 2.24) is 11.5 Å². The third kappa shape index (κ3) is 7.39. The molecule has 10 heavy (non-hydrogen) atoms. The highest BCUT2D eigenvalue weighted by molar-refractivity contribution is 5.77. The van der Waals surface area contributed by atoms with Crippen molar-refractivity contribution in [2.45, 2.75) is 19.8 Å². The van der Waals surface area contributed by atoms with E-state index in [0.717, 1.165) is 19.4 Å². The summed E-state index contributed by atoms with van der Waals surface area (Å²) >= 11 is 0. The van der Waals surface area contributed by atoms with E-state index >= 15 is 0 Å². The summed E-state index contributed by atoms with van der Waals surface area (Å²) in [5, 5.41) is 10.2. The van der Waals surface area contributed by atoms with Crippen LogP contribution >= 0.6 is 0 Å². The summed E-state index contributed by atoms with van der Waals surface area (Å²) in [4.78, 5) is 10.1. The first kappa shape index (κ1) is 12.1. The Morgan fingerprint density at radius 2 is 2.20 bits per heavy atom. The van der Waals surface area contributed by atoms with Crippen LogP contribution in [0.3, 0.4) is 0 Å². The van der Waals surface area contributed by atoms with Crippen LogP contribution in [0.1, 0.15) is 19.8 Å². The summed E-state index contributed by atoms with van der Waals surface area (Å²) < 4.78 is 0. The second kappa shape index (κ2) is 8.39. The highest BCUT2D eigenvalue weighted by atomic mass is 16.2. The molecule has 0 aromatic rings. The van der Waals surface area contributed by atoms with E-state index in [1.165, 1.54) is 0 Å². The van der Waals surface area contributed by atoms with Gasteiger partial charge >= 0.3 is 0 Å². The summed E-state index contributed by atoms with van der Waals surface area (Å²) in [6.45, 7) is 2.82. The van der Waals surface area contributed by atoms with E-state index in [0.29, 0.717) is 0 Å². The first-order chi connectivity index (χ1) is 4.31. The molecule has 1 amide bonds. The largest absolute Gasteiger partial charge is 0.397 e. The molecule has 1 aliphatic rings. The molecule has 62 valence electrons. The SMILES string of the molecule is CCO.N.O=C1CCCN1. The van der Waals surface area contributed by atoms with E-state index in [-0.39, 0.29) is 18.7 Å². The maximum absolute atomic E-state index is 10.1. The molecule has 5 N–H and O–H groups in total. The number of aliphatic hydroxyl groups is 1. The number of rotatable bonds is 0. The zero-order chi connectivity index (χ0) is 7.11. The van der Waals surface area contributed by atoms with Gasteiger partial charge in [0, 0.05) is 19.6 Å². The minimum atomic E-state index is 0. The van der Waals surface area contributed by atoms with E-state index in [1.807, 2.05) is 0 Å². The van der Waals surface area contributed by atoms with Gasteiger partial charge in [0.05, 0.1) is 0 Å². The molecule has 0 saturated carbocycles. The molecule has 4 nitrogen and oxygen atoms in total. The quantitative estimate of drug-likeness (QED) is 0.454. The lowest BCUT2D eigenvalue weighted by atomic mass is 10.4. The normalized spacial score (nSPS) is 14.4. The van der Waals surface area contributed by atoms with E-state index in [9.17, 15) is 4.79 Å². The fraction of sp³-hybridized carbons (Fsp3) is 0.833. The van der Waals surface area contributed by atoms with Crippen molar-refractivity contribution in [3.05, 3.63) is 0 Å². The molecule has 0 atom stereocenters. The Kier molecular flexibility index (Phi) is 10.2. The first-order valence-electron chi connectivity index (χ1n) is 3.18. The average molecular weight is 148 g/mol. The maximum atomic E-state index is 10.1.